The van der Waals surface area contributed by atoms with Gasteiger partial charge in [-0.1, -0.05) is 19.9 Å². The Hall–Kier alpha value is -0.810. The van der Waals surface area contributed by atoms with Gasteiger partial charge in [0, 0.05) is 0 Å². The molecule has 0 amide bonds. The quantitative estimate of drug-likeness (QED) is 0.542. The van der Waals surface area contributed by atoms with Crippen LogP contribution in [0.1, 0.15) is 18.7 Å². The van der Waals surface area contributed by atoms with E-state index in [0.29, 0.717) is 0 Å². The van der Waals surface area contributed by atoms with Crippen molar-refractivity contribution < 1.29 is 0 Å². The normalized spacial score (nSPS) is 6.78. The fraction of sp³-hybridized carbons (Fsp3) is 0.286. The summed E-state index contributed by atoms with van der Waals surface area (Å²) in [5.74, 6) is 0. The molecule has 1 aromatic rings. The first-order valence-electron chi connectivity index (χ1n) is 2.87. The second kappa shape index (κ2) is 5.33. The summed E-state index contributed by atoms with van der Waals surface area (Å²) < 4.78 is 0. The molecule has 0 radical (unpaired) electrons. The van der Waals surface area contributed by atoms with Gasteiger partial charge in [-0.3, -0.25) is 0 Å². The summed E-state index contributed by atoms with van der Waals surface area (Å²) in [4.78, 5) is 0.778. The van der Waals surface area contributed by atoms with E-state index < -0.39 is 0 Å². The van der Waals surface area contributed by atoms with Crippen molar-refractivity contribution in [2.75, 3.05) is 0 Å². The molecule has 0 aliphatic rings. The number of hydrogen-bond donors (Lipinski definition) is 0. The number of hydrogen-bond acceptors (Lipinski definition) is 2. The number of rotatable bonds is 0. The average molecular weight is 139 g/mol. The van der Waals surface area contributed by atoms with Crippen LogP contribution in [0.15, 0.2) is 17.5 Å². The molecular weight excluding hydrogens is 130 g/mol. The molecule has 1 nitrogen and oxygen atoms in total. The monoisotopic (exact) mass is 139 g/mol. The highest BCUT2D eigenvalue weighted by molar-refractivity contribution is 7.10. The number of nitriles is 1. The highest BCUT2D eigenvalue weighted by Gasteiger charge is 1.82. The lowest BCUT2D eigenvalue weighted by Gasteiger charge is -1.62. The molecule has 0 spiro atoms. The smallest absolute Gasteiger partial charge is 0.110 e. The van der Waals surface area contributed by atoms with Gasteiger partial charge in [-0.05, 0) is 11.4 Å². The van der Waals surface area contributed by atoms with Crippen LogP contribution in [-0.2, 0) is 0 Å². The van der Waals surface area contributed by atoms with Gasteiger partial charge in [0.2, 0.25) is 0 Å². The van der Waals surface area contributed by atoms with Crippen molar-refractivity contribution in [3.8, 4) is 6.07 Å². The summed E-state index contributed by atoms with van der Waals surface area (Å²) >= 11 is 1.46. The van der Waals surface area contributed by atoms with Crippen molar-refractivity contribution >= 4 is 11.3 Å². The first-order valence-corrected chi connectivity index (χ1v) is 3.75. The van der Waals surface area contributed by atoms with E-state index in [4.69, 9.17) is 5.26 Å². The maximum absolute atomic E-state index is 8.19. The molecule has 0 saturated carbocycles. The van der Waals surface area contributed by atoms with E-state index in [9.17, 15) is 0 Å². The molecule has 0 aromatic carbocycles. The van der Waals surface area contributed by atoms with Crippen molar-refractivity contribution in [1.29, 1.82) is 5.26 Å². The Bertz CT molecular complexity index is 171. The second-order valence-electron chi connectivity index (χ2n) is 1.09. The van der Waals surface area contributed by atoms with Crippen LogP contribution in [-0.4, -0.2) is 0 Å². The van der Waals surface area contributed by atoms with Crippen molar-refractivity contribution in [3.05, 3.63) is 22.4 Å². The van der Waals surface area contributed by atoms with E-state index in [0.717, 1.165) is 4.88 Å². The van der Waals surface area contributed by atoms with Gasteiger partial charge in [0.25, 0.3) is 0 Å². The molecule has 48 valence electrons. The van der Waals surface area contributed by atoms with Crippen molar-refractivity contribution in [1.82, 2.24) is 0 Å². The fourth-order valence-electron chi connectivity index (χ4n) is 0.342. The van der Waals surface area contributed by atoms with Gasteiger partial charge >= 0.3 is 0 Å². The van der Waals surface area contributed by atoms with E-state index >= 15 is 0 Å². The number of thiophene rings is 1. The largest absolute Gasteiger partial charge is 0.192 e. The predicted molar refractivity (Wildman–Crippen MR) is 40.4 cm³/mol. The Morgan fingerprint density at radius 3 is 2.44 bits per heavy atom. The van der Waals surface area contributed by atoms with Crippen LogP contribution in [0.2, 0.25) is 0 Å². The summed E-state index contributed by atoms with van der Waals surface area (Å²) in [5, 5.41) is 10.1. The molecule has 0 aliphatic carbocycles. The third-order valence-corrected chi connectivity index (χ3v) is 1.41. The number of nitrogens with zero attached hydrogens (tertiary/aromatic N) is 1. The molecule has 0 fully saturated rings. The van der Waals surface area contributed by atoms with Crippen LogP contribution in [0, 0.1) is 11.3 Å². The lowest BCUT2D eigenvalue weighted by molar-refractivity contribution is 1.50. The van der Waals surface area contributed by atoms with Crippen LogP contribution in [0.5, 0.6) is 0 Å². The third kappa shape index (κ3) is 2.89. The molecule has 0 atom stereocenters. The molecule has 0 saturated heterocycles. The van der Waals surface area contributed by atoms with E-state index in [1.54, 1.807) is 6.07 Å². The van der Waals surface area contributed by atoms with Gasteiger partial charge in [0.15, 0.2) is 0 Å². The minimum absolute atomic E-state index is 0.778. The van der Waals surface area contributed by atoms with E-state index in [-0.39, 0.29) is 0 Å². The summed E-state index contributed by atoms with van der Waals surface area (Å²) in [6.45, 7) is 4.00. The van der Waals surface area contributed by atoms with Crippen LogP contribution in [0.4, 0.5) is 0 Å². The molecule has 0 bridgehead atoms. The maximum atomic E-state index is 8.19. The SMILES string of the molecule is CC.N#Cc1cccs1. The first kappa shape index (κ1) is 8.19. The summed E-state index contributed by atoms with van der Waals surface area (Å²) in [7, 11) is 0. The highest BCUT2D eigenvalue weighted by Crippen LogP contribution is 2.04. The molecule has 0 N–H and O–H groups in total. The molecular formula is C7H9NS. The summed E-state index contributed by atoms with van der Waals surface area (Å²) in [5.41, 5.74) is 0. The molecule has 1 aromatic heterocycles. The fourth-order valence-corrected chi connectivity index (χ4v) is 0.856. The Morgan fingerprint density at radius 2 is 2.22 bits per heavy atom. The molecule has 9 heavy (non-hydrogen) atoms. The first-order chi connectivity index (χ1) is 4.43. The van der Waals surface area contributed by atoms with Crippen LogP contribution in [0.3, 0.4) is 0 Å². The Morgan fingerprint density at radius 1 is 1.56 bits per heavy atom. The standard InChI is InChI=1S/C5H3NS.C2H6/c6-4-5-2-1-3-7-5;1-2/h1-3H;1-2H3. The minimum Gasteiger partial charge on any atom is -0.192 e. The maximum Gasteiger partial charge on any atom is 0.110 e. The molecule has 1 heterocycles. The van der Waals surface area contributed by atoms with Gasteiger partial charge in [-0.2, -0.15) is 5.26 Å². The van der Waals surface area contributed by atoms with Crippen molar-refractivity contribution in [3.63, 3.8) is 0 Å². The summed E-state index contributed by atoms with van der Waals surface area (Å²) in [6, 6.07) is 5.69. The van der Waals surface area contributed by atoms with Gasteiger partial charge < -0.3 is 0 Å². The van der Waals surface area contributed by atoms with Crippen LogP contribution < -0.4 is 0 Å². The summed E-state index contributed by atoms with van der Waals surface area (Å²) in [6.07, 6.45) is 0. The topological polar surface area (TPSA) is 23.8 Å². The zero-order chi connectivity index (χ0) is 7.11. The Balaban J connectivity index is 0.000000291. The zero-order valence-electron chi connectivity index (χ0n) is 5.59. The van der Waals surface area contributed by atoms with Gasteiger partial charge in [-0.25, -0.2) is 0 Å². The Kier molecular flexibility index (Phi) is 4.85. The zero-order valence-corrected chi connectivity index (χ0v) is 6.40. The third-order valence-electron chi connectivity index (χ3n) is 0.631. The van der Waals surface area contributed by atoms with Crippen LogP contribution >= 0.6 is 11.3 Å². The van der Waals surface area contributed by atoms with Crippen molar-refractivity contribution in [2.24, 2.45) is 0 Å². The second-order valence-corrected chi connectivity index (χ2v) is 2.04. The molecule has 1 rings (SSSR count). The van der Waals surface area contributed by atoms with Gasteiger partial charge in [-0.15, -0.1) is 11.3 Å². The highest BCUT2D eigenvalue weighted by atomic mass is 32.1. The lowest BCUT2D eigenvalue weighted by atomic mass is 10.5. The lowest BCUT2D eigenvalue weighted by Crippen LogP contribution is -1.50. The molecule has 0 aliphatic heterocycles. The van der Waals surface area contributed by atoms with Gasteiger partial charge in [0.05, 0.1) is 0 Å². The van der Waals surface area contributed by atoms with Crippen molar-refractivity contribution in [2.45, 2.75) is 13.8 Å². The average Bonchev–Trinajstić information content (AvgIpc) is 2.43. The van der Waals surface area contributed by atoms with Crippen LogP contribution in [0.25, 0.3) is 0 Å². The van der Waals surface area contributed by atoms with E-state index in [1.807, 2.05) is 31.4 Å². The van der Waals surface area contributed by atoms with E-state index in [1.165, 1.54) is 11.3 Å². The predicted octanol–water partition coefficient (Wildman–Crippen LogP) is 2.65. The molecule has 2 heteroatoms. The minimum atomic E-state index is 0.778. The van der Waals surface area contributed by atoms with E-state index in [2.05, 4.69) is 0 Å². The molecule has 0 unspecified atom stereocenters. The Labute approximate surface area is 59.6 Å². The van der Waals surface area contributed by atoms with Gasteiger partial charge in [0.1, 0.15) is 10.9 Å².